The molecule has 1 unspecified atom stereocenters. The predicted octanol–water partition coefficient (Wildman–Crippen LogP) is 3.67. The van der Waals surface area contributed by atoms with E-state index in [1.54, 1.807) is 0 Å². The van der Waals surface area contributed by atoms with Crippen LogP contribution in [0.3, 0.4) is 0 Å². The molecular formula is C16H24F3N5S. The van der Waals surface area contributed by atoms with Crippen molar-refractivity contribution in [2.75, 3.05) is 29.9 Å². The Bertz CT molecular complexity index is 606. The molecule has 1 aromatic rings. The molecule has 2 rings (SSSR count). The van der Waals surface area contributed by atoms with Crippen LogP contribution < -0.4 is 15.5 Å². The molecule has 1 atom stereocenters. The minimum Gasteiger partial charge on any atom is -0.362 e. The van der Waals surface area contributed by atoms with Crippen LogP contribution in [-0.2, 0) is 6.18 Å². The van der Waals surface area contributed by atoms with Crippen molar-refractivity contribution in [1.82, 2.24) is 15.3 Å². The zero-order valence-corrected chi connectivity index (χ0v) is 15.5. The lowest BCUT2D eigenvalue weighted by atomic mass is 10.0. The Morgan fingerprint density at radius 2 is 2.12 bits per heavy atom. The van der Waals surface area contributed by atoms with Crippen LogP contribution in [0.4, 0.5) is 24.9 Å². The van der Waals surface area contributed by atoms with Crippen molar-refractivity contribution in [2.45, 2.75) is 39.8 Å². The molecule has 0 aromatic carbocycles. The van der Waals surface area contributed by atoms with E-state index < -0.39 is 11.9 Å². The van der Waals surface area contributed by atoms with E-state index >= 15 is 0 Å². The van der Waals surface area contributed by atoms with Gasteiger partial charge in [0.25, 0.3) is 0 Å². The number of hydrogen-bond acceptors (Lipinski definition) is 4. The van der Waals surface area contributed by atoms with Crippen LogP contribution in [0, 0.1) is 11.8 Å². The van der Waals surface area contributed by atoms with Gasteiger partial charge in [0.1, 0.15) is 5.82 Å². The summed E-state index contributed by atoms with van der Waals surface area (Å²) < 4.78 is 39.6. The minimum atomic E-state index is -4.54. The summed E-state index contributed by atoms with van der Waals surface area (Å²) in [5.74, 6) is 0.920. The fourth-order valence-electron chi connectivity index (χ4n) is 2.64. The highest BCUT2D eigenvalue weighted by Crippen LogP contribution is 2.31. The molecule has 9 heteroatoms. The van der Waals surface area contributed by atoms with Crippen molar-refractivity contribution in [2.24, 2.45) is 11.8 Å². The molecule has 1 aromatic heterocycles. The Kier molecular flexibility index (Phi) is 6.42. The number of nitrogens with zero attached hydrogens (tertiary/aromatic N) is 3. The maximum absolute atomic E-state index is 13.2. The largest absolute Gasteiger partial charge is 0.433 e. The lowest BCUT2D eigenvalue weighted by Crippen LogP contribution is -2.36. The summed E-state index contributed by atoms with van der Waals surface area (Å²) in [5, 5.41) is 5.83. The lowest BCUT2D eigenvalue weighted by molar-refractivity contribution is -0.141. The molecule has 1 saturated heterocycles. The Balaban J connectivity index is 2.23. The number of anilines is 2. The summed E-state index contributed by atoms with van der Waals surface area (Å²) in [6.07, 6.45) is -2.53. The first kappa shape index (κ1) is 19.7. The number of rotatable bonds is 4. The third kappa shape index (κ3) is 5.98. The number of thiocarbonyl (C=S) groups is 1. The van der Waals surface area contributed by atoms with Gasteiger partial charge < -0.3 is 15.5 Å². The summed E-state index contributed by atoms with van der Waals surface area (Å²) in [6, 6.07) is 1.01. The van der Waals surface area contributed by atoms with Crippen LogP contribution >= 0.6 is 12.2 Å². The van der Waals surface area contributed by atoms with Gasteiger partial charge in [-0.1, -0.05) is 20.8 Å². The van der Waals surface area contributed by atoms with Crippen LogP contribution in [0.15, 0.2) is 6.07 Å². The molecule has 0 bridgehead atoms. The summed E-state index contributed by atoms with van der Waals surface area (Å²) >= 11 is 5.11. The lowest BCUT2D eigenvalue weighted by Gasteiger charge is -2.32. The zero-order chi connectivity index (χ0) is 18.6. The highest BCUT2D eigenvalue weighted by atomic mass is 32.1. The molecule has 5 nitrogen and oxygen atoms in total. The molecule has 1 fully saturated rings. The smallest absolute Gasteiger partial charge is 0.362 e. The van der Waals surface area contributed by atoms with Crippen molar-refractivity contribution < 1.29 is 13.2 Å². The average Bonchev–Trinajstić information content (AvgIpc) is 2.52. The van der Waals surface area contributed by atoms with Crippen molar-refractivity contribution in [3.05, 3.63) is 11.8 Å². The zero-order valence-electron chi connectivity index (χ0n) is 14.7. The molecule has 2 N–H and O–H groups in total. The second kappa shape index (κ2) is 8.16. The molecule has 1 aliphatic rings. The van der Waals surface area contributed by atoms with Crippen LogP contribution in [0.1, 0.15) is 39.3 Å². The molecule has 2 heterocycles. The van der Waals surface area contributed by atoms with Gasteiger partial charge >= 0.3 is 6.18 Å². The first-order valence-electron chi connectivity index (χ1n) is 8.41. The Morgan fingerprint density at radius 3 is 2.72 bits per heavy atom. The van der Waals surface area contributed by atoms with E-state index in [1.807, 2.05) is 18.7 Å². The highest BCUT2D eigenvalue weighted by molar-refractivity contribution is 7.80. The first-order chi connectivity index (χ1) is 11.6. The number of aromatic nitrogens is 2. The molecule has 1 aliphatic heterocycles. The number of hydrogen-bond donors (Lipinski definition) is 2. The maximum Gasteiger partial charge on any atom is 0.433 e. The van der Waals surface area contributed by atoms with Crippen molar-refractivity contribution >= 4 is 29.1 Å². The van der Waals surface area contributed by atoms with Crippen LogP contribution in [0.5, 0.6) is 0 Å². The molecule has 0 spiro atoms. The van der Waals surface area contributed by atoms with Crippen LogP contribution in [0.2, 0.25) is 0 Å². The van der Waals surface area contributed by atoms with Crippen LogP contribution in [-0.4, -0.2) is 34.7 Å². The van der Waals surface area contributed by atoms with Gasteiger partial charge in [-0.05, 0) is 36.9 Å². The number of halogens is 3. The van der Waals surface area contributed by atoms with Gasteiger partial charge in [-0.15, -0.1) is 0 Å². The monoisotopic (exact) mass is 375 g/mol. The maximum atomic E-state index is 13.2. The Morgan fingerprint density at radius 1 is 1.40 bits per heavy atom. The Labute approximate surface area is 151 Å². The van der Waals surface area contributed by atoms with E-state index in [1.165, 1.54) is 0 Å². The second-order valence-electron chi connectivity index (χ2n) is 6.86. The molecule has 0 radical (unpaired) electrons. The third-order valence-electron chi connectivity index (χ3n) is 3.88. The van der Waals surface area contributed by atoms with Gasteiger partial charge in [0.05, 0.1) is 0 Å². The second-order valence-corrected chi connectivity index (χ2v) is 7.26. The van der Waals surface area contributed by atoms with Gasteiger partial charge in [-0.25, -0.2) is 4.98 Å². The number of alkyl halides is 3. The third-order valence-corrected chi connectivity index (χ3v) is 4.13. The SMILES string of the molecule is CC(C)CNC(=S)Nc1nc(N2CCCC(C)C2)cc(C(F)(F)F)n1. The molecule has 0 amide bonds. The van der Waals surface area contributed by atoms with Gasteiger partial charge in [0.2, 0.25) is 5.95 Å². The highest BCUT2D eigenvalue weighted by Gasteiger charge is 2.34. The van der Waals surface area contributed by atoms with Gasteiger partial charge in [0, 0.05) is 25.7 Å². The van der Waals surface area contributed by atoms with Gasteiger partial charge in [-0.3, -0.25) is 0 Å². The van der Waals surface area contributed by atoms with Crippen molar-refractivity contribution in [3.8, 4) is 0 Å². The molecule has 0 aliphatic carbocycles. The predicted molar refractivity (Wildman–Crippen MR) is 96.7 cm³/mol. The van der Waals surface area contributed by atoms with Crippen molar-refractivity contribution in [3.63, 3.8) is 0 Å². The number of nitrogens with one attached hydrogen (secondary N) is 2. The van der Waals surface area contributed by atoms with Crippen molar-refractivity contribution in [1.29, 1.82) is 0 Å². The quantitative estimate of drug-likeness (QED) is 0.783. The number of piperidine rings is 1. The van der Waals surface area contributed by atoms with Crippen LogP contribution in [0.25, 0.3) is 0 Å². The molecular weight excluding hydrogens is 351 g/mol. The molecule has 0 saturated carbocycles. The van der Waals surface area contributed by atoms with Gasteiger partial charge in [0.15, 0.2) is 10.8 Å². The van der Waals surface area contributed by atoms with E-state index in [0.717, 1.165) is 18.9 Å². The van der Waals surface area contributed by atoms with E-state index in [0.29, 0.717) is 31.5 Å². The molecule has 140 valence electrons. The summed E-state index contributed by atoms with van der Waals surface area (Å²) in [7, 11) is 0. The minimum absolute atomic E-state index is 0.135. The Hall–Kier alpha value is -1.64. The van der Waals surface area contributed by atoms with E-state index in [4.69, 9.17) is 12.2 Å². The van der Waals surface area contributed by atoms with Gasteiger partial charge in [-0.2, -0.15) is 18.2 Å². The first-order valence-corrected chi connectivity index (χ1v) is 8.82. The summed E-state index contributed by atoms with van der Waals surface area (Å²) in [6.45, 7) is 8.08. The summed E-state index contributed by atoms with van der Waals surface area (Å²) in [4.78, 5) is 9.71. The molecule has 25 heavy (non-hydrogen) atoms. The van der Waals surface area contributed by atoms with E-state index in [9.17, 15) is 13.2 Å². The fraction of sp³-hybridized carbons (Fsp3) is 0.688. The average molecular weight is 375 g/mol. The standard InChI is InChI=1S/C16H24F3N5S/c1-10(2)8-20-15(25)23-14-21-12(16(17,18)19)7-13(22-14)24-6-4-5-11(3)9-24/h7,10-11H,4-6,8-9H2,1-3H3,(H2,20,21,22,23,25). The normalized spacial score (nSPS) is 18.4. The fourth-order valence-corrected chi connectivity index (χ4v) is 2.81. The van der Waals surface area contributed by atoms with E-state index in [-0.39, 0.29) is 16.9 Å². The van der Waals surface area contributed by atoms with E-state index in [2.05, 4.69) is 27.5 Å². The summed E-state index contributed by atoms with van der Waals surface area (Å²) in [5.41, 5.74) is -0.968. The topological polar surface area (TPSA) is 53.1 Å².